The molecule has 2 aliphatic rings. The molecule has 17 heavy (non-hydrogen) atoms. The van der Waals surface area contributed by atoms with Crippen molar-refractivity contribution in [2.45, 2.75) is 0 Å². The van der Waals surface area contributed by atoms with Crippen molar-refractivity contribution in [1.29, 1.82) is 0 Å². The van der Waals surface area contributed by atoms with Crippen molar-refractivity contribution in [2.75, 3.05) is 26.2 Å². The molecule has 3 rings (SSSR count). The number of likely N-dealkylation sites (tertiary alicyclic amines) is 1. The molecular formula is C12H16ClN3O. The fourth-order valence-corrected chi connectivity index (χ4v) is 3.17. The molecule has 1 aromatic rings. The number of carbonyl (C=O) groups is 1. The van der Waals surface area contributed by atoms with Crippen LogP contribution in [-0.4, -0.2) is 41.6 Å². The Balaban J connectivity index is 1.77. The first-order chi connectivity index (χ1) is 8.15. The molecule has 0 saturated carbocycles. The highest BCUT2D eigenvalue weighted by molar-refractivity contribution is 6.31. The standard InChI is InChI=1S/C12H16ClN3O/c1-15-7-10(13)2-11(15)12(17)16-5-8-3-14-4-9(8)6-16/h2,7-9,14H,3-6H2,1H3. The van der Waals surface area contributed by atoms with E-state index in [0.717, 1.165) is 26.2 Å². The van der Waals surface area contributed by atoms with E-state index in [9.17, 15) is 4.79 Å². The van der Waals surface area contributed by atoms with Crippen LogP contribution in [-0.2, 0) is 7.05 Å². The second-order valence-electron chi connectivity index (χ2n) is 5.04. The first-order valence-corrected chi connectivity index (χ1v) is 6.35. The highest BCUT2D eigenvalue weighted by atomic mass is 35.5. The van der Waals surface area contributed by atoms with Crippen LogP contribution in [0.2, 0.25) is 5.02 Å². The molecule has 3 heterocycles. The third-order valence-corrected chi connectivity index (χ3v) is 4.07. The highest BCUT2D eigenvalue weighted by Crippen LogP contribution is 2.27. The summed E-state index contributed by atoms with van der Waals surface area (Å²) < 4.78 is 1.80. The normalized spacial score (nSPS) is 27.5. The number of aryl methyl sites for hydroxylation is 1. The second kappa shape index (κ2) is 4.03. The minimum atomic E-state index is 0.105. The first-order valence-electron chi connectivity index (χ1n) is 5.97. The quantitative estimate of drug-likeness (QED) is 0.810. The van der Waals surface area contributed by atoms with Gasteiger partial charge in [0.2, 0.25) is 0 Å². The molecule has 4 nitrogen and oxygen atoms in total. The topological polar surface area (TPSA) is 37.3 Å². The third-order valence-electron chi connectivity index (χ3n) is 3.87. The molecule has 0 aliphatic carbocycles. The summed E-state index contributed by atoms with van der Waals surface area (Å²) >= 11 is 5.91. The lowest BCUT2D eigenvalue weighted by atomic mass is 10.0. The number of amides is 1. The van der Waals surface area contributed by atoms with E-state index in [0.29, 0.717) is 22.6 Å². The van der Waals surface area contributed by atoms with Crippen LogP contribution in [0.3, 0.4) is 0 Å². The average molecular weight is 254 g/mol. The molecule has 2 fully saturated rings. The summed E-state index contributed by atoms with van der Waals surface area (Å²) in [4.78, 5) is 14.3. The molecule has 0 radical (unpaired) electrons. The van der Waals surface area contributed by atoms with Crippen LogP contribution >= 0.6 is 11.6 Å². The maximum absolute atomic E-state index is 12.3. The van der Waals surface area contributed by atoms with Gasteiger partial charge >= 0.3 is 0 Å². The number of hydrogen-bond acceptors (Lipinski definition) is 2. The summed E-state index contributed by atoms with van der Waals surface area (Å²) in [5.74, 6) is 1.37. The van der Waals surface area contributed by atoms with E-state index in [1.54, 1.807) is 16.8 Å². The Morgan fingerprint density at radius 1 is 1.41 bits per heavy atom. The summed E-state index contributed by atoms with van der Waals surface area (Å²) in [6, 6.07) is 1.75. The molecule has 92 valence electrons. The lowest BCUT2D eigenvalue weighted by Gasteiger charge is -2.17. The number of hydrogen-bond donors (Lipinski definition) is 1. The summed E-state index contributed by atoms with van der Waals surface area (Å²) in [5, 5.41) is 4.00. The highest BCUT2D eigenvalue weighted by Gasteiger charge is 2.38. The second-order valence-corrected chi connectivity index (χ2v) is 5.48. The number of nitrogens with zero attached hydrogens (tertiary/aromatic N) is 2. The molecule has 1 aromatic heterocycles. The molecule has 1 N–H and O–H groups in total. The third kappa shape index (κ3) is 1.85. The molecule has 2 saturated heterocycles. The average Bonchev–Trinajstić information content (AvgIpc) is 2.90. The van der Waals surface area contributed by atoms with Gasteiger partial charge in [0.15, 0.2) is 0 Å². The molecular weight excluding hydrogens is 238 g/mol. The van der Waals surface area contributed by atoms with Gasteiger partial charge < -0.3 is 14.8 Å². The van der Waals surface area contributed by atoms with E-state index in [1.165, 1.54) is 0 Å². The van der Waals surface area contributed by atoms with Gasteiger partial charge in [0, 0.05) is 39.4 Å². The van der Waals surface area contributed by atoms with Crippen molar-refractivity contribution >= 4 is 17.5 Å². The predicted molar refractivity (Wildman–Crippen MR) is 66.2 cm³/mol. The number of carbonyl (C=O) groups excluding carboxylic acids is 1. The van der Waals surface area contributed by atoms with Gasteiger partial charge in [-0.3, -0.25) is 4.79 Å². The largest absolute Gasteiger partial charge is 0.345 e. The summed E-state index contributed by atoms with van der Waals surface area (Å²) in [5.41, 5.74) is 0.683. The number of rotatable bonds is 1. The Morgan fingerprint density at radius 3 is 2.59 bits per heavy atom. The van der Waals surface area contributed by atoms with Gasteiger partial charge in [-0.25, -0.2) is 0 Å². The lowest BCUT2D eigenvalue weighted by Crippen LogP contribution is -2.32. The Labute approximate surface area is 106 Å². The van der Waals surface area contributed by atoms with Crippen LogP contribution in [0.1, 0.15) is 10.5 Å². The van der Waals surface area contributed by atoms with Crippen LogP contribution in [0, 0.1) is 11.8 Å². The van der Waals surface area contributed by atoms with Crippen LogP contribution in [0.25, 0.3) is 0 Å². The van der Waals surface area contributed by atoms with Gasteiger partial charge in [0.1, 0.15) is 5.69 Å². The van der Waals surface area contributed by atoms with Gasteiger partial charge in [-0.05, 0) is 17.9 Å². The number of halogens is 1. The van der Waals surface area contributed by atoms with Crippen LogP contribution < -0.4 is 5.32 Å². The van der Waals surface area contributed by atoms with Crippen LogP contribution in [0.15, 0.2) is 12.3 Å². The molecule has 0 bridgehead atoms. The van der Waals surface area contributed by atoms with E-state index in [-0.39, 0.29) is 5.91 Å². The monoisotopic (exact) mass is 253 g/mol. The molecule has 0 spiro atoms. The molecule has 5 heteroatoms. The van der Waals surface area contributed by atoms with E-state index in [4.69, 9.17) is 11.6 Å². The van der Waals surface area contributed by atoms with Crippen LogP contribution in [0.5, 0.6) is 0 Å². The summed E-state index contributed by atoms with van der Waals surface area (Å²) in [6.45, 7) is 3.84. The number of nitrogens with one attached hydrogen (secondary N) is 1. The maximum atomic E-state index is 12.3. The zero-order valence-electron chi connectivity index (χ0n) is 9.82. The minimum Gasteiger partial charge on any atom is -0.345 e. The number of aromatic nitrogens is 1. The zero-order chi connectivity index (χ0) is 12.0. The summed E-state index contributed by atoms with van der Waals surface area (Å²) in [6.07, 6.45) is 1.77. The fraction of sp³-hybridized carbons (Fsp3) is 0.583. The van der Waals surface area contributed by atoms with Gasteiger partial charge in [0.05, 0.1) is 5.02 Å². The Hall–Kier alpha value is -1.00. The summed E-state index contributed by atoms with van der Waals surface area (Å²) in [7, 11) is 1.86. The minimum absolute atomic E-state index is 0.105. The Bertz CT molecular complexity index is 445. The fourth-order valence-electron chi connectivity index (χ4n) is 2.92. The predicted octanol–water partition coefficient (Wildman–Crippen LogP) is 0.970. The van der Waals surface area contributed by atoms with Gasteiger partial charge in [-0.15, -0.1) is 0 Å². The Kier molecular flexibility index (Phi) is 2.64. The SMILES string of the molecule is Cn1cc(Cl)cc1C(=O)N1CC2CNCC2C1. The van der Waals surface area contributed by atoms with Crippen molar-refractivity contribution in [3.63, 3.8) is 0 Å². The number of fused-ring (bicyclic) bond motifs is 1. The molecule has 2 atom stereocenters. The Morgan fingerprint density at radius 2 is 2.06 bits per heavy atom. The molecule has 2 unspecified atom stereocenters. The van der Waals surface area contributed by atoms with E-state index >= 15 is 0 Å². The lowest BCUT2D eigenvalue weighted by molar-refractivity contribution is 0.0772. The van der Waals surface area contributed by atoms with Crippen molar-refractivity contribution in [1.82, 2.24) is 14.8 Å². The van der Waals surface area contributed by atoms with E-state index in [2.05, 4.69) is 5.32 Å². The van der Waals surface area contributed by atoms with Gasteiger partial charge in [0.25, 0.3) is 5.91 Å². The van der Waals surface area contributed by atoms with E-state index in [1.807, 2.05) is 11.9 Å². The van der Waals surface area contributed by atoms with Crippen molar-refractivity contribution in [2.24, 2.45) is 18.9 Å². The first kappa shape index (κ1) is 11.1. The van der Waals surface area contributed by atoms with E-state index < -0.39 is 0 Å². The van der Waals surface area contributed by atoms with Gasteiger partial charge in [-0.2, -0.15) is 0 Å². The molecule has 2 aliphatic heterocycles. The van der Waals surface area contributed by atoms with Crippen molar-refractivity contribution in [3.05, 3.63) is 23.0 Å². The van der Waals surface area contributed by atoms with Crippen molar-refractivity contribution in [3.8, 4) is 0 Å². The molecule has 1 amide bonds. The van der Waals surface area contributed by atoms with Gasteiger partial charge in [-0.1, -0.05) is 11.6 Å². The smallest absolute Gasteiger partial charge is 0.270 e. The van der Waals surface area contributed by atoms with Crippen LogP contribution in [0.4, 0.5) is 0 Å². The molecule has 0 aromatic carbocycles. The zero-order valence-corrected chi connectivity index (χ0v) is 10.6. The maximum Gasteiger partial charge on any atom is 0.270 e. The van der Waals surface area contributed by atoms with Crippen molar-refractivity contribution < 1.29 is 4.79 Å².